The molecule has 0 N–H and O–H groups in total. The van der Waals surface area contributed by atoms with E-state index in [2.05, 4.69) is 30.0 Å². The second-order valence-electron chi connectivity index (χ2n) is 10.4. The van der Waals surface area contributed by atoms with E-state index in [1.54, 1.807) is 18.6 Å². The number of hydrogen-bond donors (Lipinski definition) is 0. The van der Waals surface area contributed by atoms with Crippen LogP contribution in [-0.2, 0) is 9.53 Å². The molecule has 7 nitrogen and oxygen atoms in total. The van der Waals surface area contributed by atoms with Crippen LogP contribution in [0.15, 0.2) is 88.2 Å². The van der Waals surface area contributed by atoms with Gasteiger partial charge in [-0.2, -0.15) is 0 Å². The topological polar surface area (TPSA) is 73.1 Å². The lowest BCUT2D eigenvalue weighted by molar-refractivity contribution is -0.138. The van der Waals surface area contributed by atoms with Gasteiger partial charge in [-0.05, 0) is 73.7 Å². The van der Waals surface area contributed by atoms with Crippen LogP contribution in [0.1, 0.15) is 48.1 Å². The number of carbonyl (C=O) groups is 1. The molecule has 8 heteroatoms. The van der Waals surface area contributed by atoms with Crippen LogP contribution in [0, 0.1) is 6.92 Å². The van der Waals surface area contributed by atoms with Gasteiger partial charge in [0.05, 0.1) is 35.6 Å². The third-order valence-corrected chi connectivity index (χ3v) is 8.78. The fourth-order valence-electron chi connectivity index (χ4n) is 5.70. The van der Waals surface area contributed by atoms with Crippen molar-refractivity contribution in [3.8, 4) is 5.75 Å². The molecule has 214 valence electrons. The van der Waals surface area contributed by atoms with Crippen LogP contribution in [0.2, 0.25) is 0 Å². The smallest absolute Gasteiger partial charge is 0.338 e. The third kappa shape index (κ3) is 5.18. The molecule has 3 aromatic carbocycles. The summed E-state index contributed by atoms with van der Waals surface area (Å²) in [6, 6.07) is 22.7. The first kappa shape index (κ1) is 27.7. The number of ether oxygens (including phenoxy) is 2. The average molecular weight is 580 g/mol. The quantitative estimate of drug-likeness (QED) is 0.293. The highest BCUT2D eigenvalue weighted by Crippen LogP contribution is 2.36. The molecule has 0 aliphatic carbocycles. The maximum absolute atomic E-state index is 14.2. The van der Waals surface area contributed by atoms with Crippen molar-refractivity contribution in [2.45, 2.75) is 32.7 Å². The Balaban J connectivity index is 1.57. The molecule has 1 aromatic heterocycles. The number of hydrogen-bond acceptors (Lipinski definition) is 7. The molecule has 2 aliphatic rings. The van der Waals surface area contributed by atoms with Crippen LogP contribution >= 0.6 is 11.3 Å². The van der Waals surface area contributed by atoms with Gasteiger partial charge < -0.3 is 14.4 Å². The van der Waals surface area contributed by atoms with E-state index in [0.717, 1.165) is 35.3 Å². The van der Waals surface area contributed by atoms with Gasteiger partial charge in [0.15, 0.2) is 4.80 Å². The molecule has 0 radical (unpaired) electrons. The zero-order valence-electron chi connectivity index (χ0n) is 24.0. The maximum atomic E-state index is 14.2. The molecule has 1 fully saturated rings. The third-order valence-electron chi connectivity index (χ3n) is 7.79. The Labute approximate surface area is 248 Å². The summed E-state index contributed by atoms with van der Waals surface area (Å²) >= 11 is 1.33. The molecule has 3 heterocycles. The Morgan fingerprint density at radius 1 is 1.05 bits per heavy atom. The molecular weight excluding hydrogens is 546 g/mol. The van der Waals surface area contributed by atoms with Crippen molar-refractivity contribution in [1.29, 1.82) is 0 Å². The zero-order chi connectivity index (χ0) is 29.2. The van der Waals surface area contributed by atoms with Crippen molar-refractivity contribution in [1.82, 2.24) is 4.57 Å². The molecule has 1 atom stereocenters. The second kappa shape index (κ2) is 11.8. The number of methoxy groups -OCH3 is 1. The van der Waals surface area contributed by atoms with Gasteiger partial charge in [0.1, 0.15) is 5.75 Å². The van der Waals surface area contributed by atoms with Gasteiger partial charge in [0, 0.05) is 24.3 Å². The molecule has 42 heavy (non-hydrogen) atoms. The van der Waals surface area contributed by atoms with Gasteiger partial charge in [-0.1, -0.05) is 59.9 Å². The summed E-state index contributed by atoms with van der Waals surface area (Å²) in [5.74, 6) is 0.125. The van der Waals surface area contributed by atoms with E-state index in [-0.39, 0.29) is 12.2 Å². The average Bonchev–Trinajstić information content (AvgIpc) is 3.66. The number of aromatic nitrogens is 1. The fraction of sp³-hybridized carbons (Fsp3) is 0.265. The summed E-state index contributed by atoms with van der Waals surface area (Å²) in [4.78, 5) is 35.7. The van der Waals surface area contributed by atoms with Crippen molar-refractivity contribution >= 4 is 34.8 Å². The molecular formula is C34H33N3O4S. The van der Waals surface area contributed by atoms with Crippen molar-refractivity contribution in [3.63, 3.8) is 0 Å². The molecule has 0 unspecified atom stereocenters. The minimum atomic E-state index is -0.744. The van der Waals surface area contributed by atoms with Crippen molar-refractivity contribution in [2.24, 2.45) is 4.99 Å². The van der Waals surface area contributed by atoms with E-state index >= 15 is 0 Å². The van der Waals surface area contributed by atoms with Gasteiger partial charge in [0.2, 0.25) is 0 Å². The molecule has 6 rings (SSSR count). The molecule has 0 bridgehead atoms. The number of nitrogens with zero attached hydrogens (tertiary/aromatic N) is 3. The summed E-state index contributed by atoms with van der Waals surface area (Å²) in [5.41, 5.74) is 5.43. The van der Waals surface area contributed by atoms with E-state index in [4.69, 9.17) is 14.5 Å². The lowest BCUT2D eigenvalue weighted by Gasteiger charge is -2.26. The highest BCUT2D eigenvalue weighted by atomic mass is 32.1. The largest absolute Gasteiger partial charge is 0.497 e. The SMILES string of the molecule is CCOC(=O)C1=C(c2ccccc2)N=c2s/c(=C/c3ccc(N4CCCC4)cc3C)c(=O)n2[C@@H]1c1cccc(OC)c1. The molecule has 2 aliphatic heterocycles. The number of aryl methyl sites for hydroxylation is 1. The standard InChI is InChI=1S/C34H33N3O4S/c1-4-41-33(39)29-30(23-11-6-5-7-12-23)35-34-37(31(29)25-13-10-14-27(20-25)40-3)32(38)28(42-34)21-24-15-16-26(19-22(24)2)36-17-8-9-18-36/h5-7,10-16,19-21,31H,4,8-9,17-18H2,1-3H3/b28-21+/t31-/m1/s1. The molecule has 0 saturated carbocycles. The number of anilines is 1. The minimum absolute atomic E-state index is 0.201. The first-order valence-corrected chi connectivity index (χ1v) is 15.1. The molecule has 0 spiro atoms. The number of carbonyl (C=O) groups excluding carboxylic acids is 1. The highest BCUT2D eigenvalue weighted by molar-refractivity contribution is 7.07. The van der Waals surface area contributed by atoms with Crippen LogP contribution in [0.25, 0.3) is 11.8 Å². The van der Waals surface area contributed by atoms with E-state index in [0.29, 0.717) is 26.4 Å². The van der Waals surface area contributed by atoms with Crippen LogP contribution in [0.4, 0.5) is 5.69 Å². The number of thiazole rings is 1. The Morgan fingerprint density at radius 3 is 2.55 bits per heavy atom. The lowest BCUT2D eigenvalue weighted by atomic mass is 9.93. The lowest BCUT2D eigenvalue weighted by Crippen LogP contribution is -2.40. The zero-order valence-corrected chi connectivity index (χ0v) is 24.8. The highest BCUT2D eigenvalue weighted by Gasteiger charge is 2.35. The summed E-state index contributed by atoms with van der Waals surface area (Å²) in [7, 11) is 1.60. The Kier molecular flexibility index (Phi) is 7.80. The van der Waals surface area contributed by atoms with Crippen molar-refractivity contribution in [3.05, 3.63) is 120 Å². The van der Waals surface area contributed by atoms with Gasteiger partial charge in [-0.25, -0.2) is 9.79 Å². The Hall–Kier alpha value is -4.43. The van der Waals surface area contributed by atoms with Gasteiger partial charge in [-0.15, -0.1) is 0 Å². The first-order chi connectivity index (χ1) is 20.5. The van der Waals surface area contributed by atoms with Gasteiger partial charge >= 0.3 is 5.97 Å². The first-order valence-electron chi connectivity index (χ1n) is 14.3. The van der Waals surface area contributed by atoms with Crippen molar-refractivity contribution < 1.29 is 14.3 Å². The van der Waals surface area contributed by atoms with Gasteiger partial charge in [0.25, 0.3) is 5.56 Å². The van der Waals surface area contributed by atoms with E-state index in [9.17, 15) is 9.59 Å². The normalized spacial score (nSPS) is 16.8. The fourth-order valence-corrected chi connectivity index (χ4v) is 6.69. The Morgan fingerprint density at radius 2 is 1.83 bits per heavy atom. The van der Waals surface area contributed by atoms with Crippen LogP contribution in [0.5, 0.6) is 5.75 Å². The number of esters is 1. The molecule has 0 amide bonds. The summed E-state index contributed by atoms with van der Waals surface area (Å²) in [6.45, 7) is 6.20. The van der Waals surface area contributed by atoms with Crippen molar-refractivity contribution in [2.75, 3.05) is 31.7 Å². The van der Waals surface area contributed by atoms with Gasteiger partial charge in [-0.3, -0.25) is 9.36 Å². The number of fused-ring (bicyclic) bond motifs is 1. The monoisotopic (exact) mass is 579 g/mol. The van der Waals surface area contributed by atoms with Crippen LogP contribution in [0.3, 0.4) is 0 Å². The molecule has 1 saturated heterocycles. The second-order valence-corrected chi connectivity index (χ2v) is 11.5. The predicted molar refractivity (Wildman–Crippen MR) is 167 cm³/mol. The predicted octanol–water partition coefficient (Wildman–Crippen LogP) is 4.85. The van der Waals surface area contributed by atoms with E-state index < -0.39 is 12.0 Å². The van der Waals surface area contributed by atoms with Crippen LogP contribution in [-0.4, -0.2) is 37.3 Å². The summed E-state index contributed by atoms with van der Waals surface area (Å²) < 4.78 is 13.2. The summed E-state index contributed by atoms with van der Waals surface area (Å²) in [6.07, 6.45) is 4.37. The number of benzene rings is 3. The summed E-state index contributed by atoms with van der Waals surface area (Å²) in [5, 5.41) is 0. The van der Waals surface area contributed by atoms with E-state index in [1.807, 2.05) is 60.7 Å². The van der Waals surface area contributed by atoms with Crippen LogP contribution < -0.4 is 24.5 Å². The molecule has 4 aromatic rings. The minimum Gasteiger partial charge on any atom is -0.497 e. The maximum Gasteiger partial charge on any atom is 0.338 e. The Bertz CT molecular complexity index is 1850. The number of rotatable bonds is 7. The van der Waals surface area contributed by atoms with E-state index in [1.165, 1.54) is 29.9 Å².